The minimum absolute atomic E-state index is 0.292. The first-order chi connectivity index (χ1) is 13.6. The van der Waals surface area contributed by atoms with E-state index in [-0.39, 0.29) is 5.78 Å². The standard InChI is InChI=1S/C20H23BrN2O5S/c1-13-10-17(14(2)23(13)16-7-4-6-15(21)11-16)19(24)12-28-20(25)18-8-5-9-22(18)29(3,26)27/h4,6-7,10-11,18H,5,8-9,12H2,1-3H3. The second-order valence-electron chi connectivity index (χ2n) is 7.16. The van der Waals surface area contributed by atoms with Crippen LogP contribution in [0.3, 0.4) is 0 Å². The smallest absolute Gasteiger partial charge is 0.324 e. The van der Waals surface area contributed by atoms with Crippen molar-refractivity contribution in [3.05, 3.63) is 51.8 Å². The molecule has 0 N–H and O–H groups in total. The van der Waals surface area contributed by atoms with Crippen LogP contribution >= 0.6 is 15.9 Å². The minimum Gasteiger partial charge on any atom is -0.456 e. The molecular weight excluding hydrogens is 460 g/mol. The number of rotatable bonds is 6. The molecule has 1 unspecified atom stereocenters. The van der Waals surface area contributed by atoms with Gasteiger partial charge in [-0.1, -0.05) is 22.0 Å². The van der Waals surface area contributed by atoms with E-state index < -0.39 is 28.6 Å². The van der Waals surface area contributed by atoms with Crippen molar-refractivity contribution < 1.29 is 22.7 Å². The predicted octanol–water partition coefficient (Wildman–Crippen LogP) is 3.01. The van der Waals surface area contributed by atoms with Gasteiger partial charge in [-0.05, 0) is 51.0 Å². The van der Waals surface area contributed by atoms with Crippen LogP contribution in [0.5, 0.6) is 0 Å². The number of ether oxygens (including phenoxy) is 1. The van der Waals surface area contributed by atoms with Crippen molar-refractivity contribution in [1.82, 2.24) is 8.87 Å². The first kappa shape index (κ1) is 21.7. The predicted molar refractivity (Wildman–Crippen MR) is 113 cm³/mol. The lowest BCUT2D eigenvalue weighted by atomic mass is 10.1. The van der Waals surface area contributed by atoms with Crippen LogP contribution in [0.2, 0.25) is 0 Å². The Hall–Kier alpha value is -1.97. The maximum absolute atomic E-state index is 12.7. The number of carbonyl (C=O) groups excluding carboxylic acids is 2. The molecule has 1 aromatic heterocycles. The van der Waals surface area contributed by atoms with Crippen molar-refractivity contribution in [3.8, 4) is 5.69 Å². The van der Waals surface area contributed by atoms with Crippen molar-refractivity contribution >= 4 is 37.7 Å². The zero-order chi connectivity index (χ0) is 21.3. The average molecular weight is 483 g/mol. The molecule has 1 aliphatic heterocycles. The van der Waals surface area contributed by atoms with Gasteiger partial charge in [0.05, 0.1) is 6.26 Å². The molecule has 1 atom stereocenters. The van der Waals surface area contributed by atoms with Crippen molar-refractivity contribution in [1.29, 1.82) is 0 Å². The molecule has 29 heavy (non-hydrogen) atoms. The maximum Gasteiger partial charge on any atom is 0.324 e. The number of carbonyl (C=O) groups is 2. The Bertz CT molecular complexity index is 1060. The second-order valence-corrected chi connectivity index (χ2v) is 10.0. The Morgan fingerprint density at radius 1 is 1.24 bits per heavy atom. The van der Waals surface area contributed by atoms with E-state index in [1.807, 2.05) is 42.7 Å². The normalized spacial score (nSPS) is 17.4. The molecule has 0 radical (unpaired) electrons. The number of ketones is 1. The minimum atomic E-state index is -3.49. The Labute approximate surface area is 178 Å². The summed E-state index contributed by atoms with van der Waals surface area (Å²) in [5.74, 6) is -1.00. The largest absolute Gasteiger partial charge is 0.456 e. The maximum atomic E-state index is 12.7. The van der Waals surface area contributed by atoms with E-state index in [0.29, 0.717) is 24.9 Å². The summed E-state index contributed by atoms with van der Waals surface area (Å²) in [7, 11) is -3.49. The third kappa shape index (κ3) is 4.62. The summed E-state index contributed by atoms with van der Waals surface area (Å²) in [5, 5.41) is 0. The van der Waals surface area contributed by atoms with Crippen LogP contribution in [-0.2, 0) is 19.6 Å². The van der Waals surface area contributed by atoms with Crippen LogP contribution < -0.4 is 0 Å². The topological polar surface area (TPSA) is 85.7 Å². The fourth-order valence-electron chi connectivity index (χ4n) is 3.74. The lowest BCUT2D eigenvalue weighted by Gasteiger charge is -2.20. The number of nitrogens with zero attached hydrogens (tertiary/aromatic N) is 2. The van der Waals surface area contributed by atoms with Gasteiger partial charge in [-0.25, -0.2) is 8.42 Å². The fourth-order valence-corrected chi connectivity index (χ4v) is 5.24. The van der Waals surface area contributed by atoms with Crippen LogP contribution in [0.25, 0.3) is 5.69 Å². The molecule has 0 amide bonds. The summed E-state index contributed by atoms with van der Waals surface area (Å²) < 4.78 is 32.8. The molecule has 9 heteroatoms. The molecule has 1 aliphatic rings. The lowest BCUT2D eigenvalue weighted by molar-refractivity contribution is -0.146. The second kappa shape index (κ2) is 8.41. The summed E-state index contributed by atoms with van der Waals surface area (Å²) in [6, 6.07) is 8.65. The van der Waals surface area contributed by atoms with Gasteiger partial charge in [-0.15, -0.1) is 0 Å². The first-order valence-electron chi connectivity index (χ1n) is 9.21. The molecule has 0 aliphatic carbocycles. The molecule has 0 saturated carbocycles. The highest BCUT2D eigenvalue weighted by Gasteiger charge is 2.37. The number of sulfonamides is 1. The third-order valence-electron chi connectivity index (χ3n) is 5.05. The van der Waals surface area contributed by atoms with Crippen molar-refractivity contribution in [2.75, 3.05) is 19.4 Å². The van der Waals surface area contributed by atoms with E-state index in [1.54, 1.807) is 6.07 Å². The van der Waals surface area contributed by atoms with E-state index in [1.165, 1.54) is 0 Å². The summed E-state index contributed by atoms with van der Waals surface area (Å²) >= 11 is 3.45. The van der Waals surface area contributed by atoms with Gasteiger partial charge in [-0.2, -0.15) is 4.31 Å². The fraction of sp³-hybridized carbons (Fsp3) is 0.400. The summed E-state index contributed by atoms with van der Waals surface area (Å²) in [5.41, 5.74) is 3.02. The SMILES string of the molecule is Cc1cc(C(=O)COC(=O)C2CCCN2S(C)(=O)=O)c(C)n1-c1cccc(Br)c1. The highest BCUT2D eigenvalue weighted by atomic mass is 79.9. The van der Waals surface area contributed by atoms with Crippen LogP contribution in [0.15, 0.2) is 34.8 Å². The number of halogens is 1. The Morgan fingerprint density at radius 3 is 2.62 bits per heavy atom. The van der Waals surface area contributed by atoms with Crippen molar-refractivity contribution in [2.24, 2.45) is 0 Å². The van der Waals surface area contributed by atoms with Gasteiger partial charge in [0.15, 0.2) is 6.61 Å². The first-order valence-corrected chi connectivity index (χ1v) is 11.8. The van der Waals surface area contributed by atoms with Gasteiger partial charge in [0, 0.05) is 33.7 Å². The Morgan fingerprint density at radius 2 is 1.97 bits per heavy atom. The molecule has 156 valence electrons. The monoisotopic (exact) mass is 482 g/mol. The molecule has 1 aromatic carbocycles. The van der Waals surface area contributed by atoms with E-state index >= 15 is 0 Å². The number of aryl methyl sites for hydroxylation is 1. The molecule has 1 saturated heterocycles. The van der Waals surface area contributed by atoms with Gasteiger partial charge in [-0.3, -0.25) is 9.59 Å². The van der Waals surface area contributed by atoms with E-state index in [4.69, 9.17) is 4.74 Å². The zero-order valence-corrected chi connectivity index (χ0v) is 18.9. The van der Waals surface area contributed by atoms with Gasteiger partial charge in [0.1, 0.15) is 6.04 Å². The number of aromatic nitrogens is 1. The van der Waals surface area contributed by atoms with E-state index in [2.05, 4.69) is 15.9 Å². The van der Waals surface area contributed by atoms with Crippen LogP contribution in [-0.4, -0.2) is 54.5 Å². The molecule has 3 rings (SSSR count). The van der Waals surface area contributed by atoms with Crippen molar-refractivity contribution in [2.45, 2.75) is 32.7 Å². The van der Waals surface area contributed by atoms with E-state index in [0.717, 1.165) is 32.1 Å². The highest BCUT2D eigenvalue weighted by Crippen LogP contribution is 2.24. The quantitative estimate of drug-likeness (QED) is 0.466. The molecule has 1 fully saturated rings. The van der Waals surface area contributed by atoms with Gasteiger partial charge in [0.2, 0.25) is 15.8 Å². The Kier molecular flexibility index (Phi) is 6.30. The number of esters is 1. The molecule has 2 aromatic rings. The number of Topliss-reactive ketones (excluding diaryl/α,β-unsaturated/α-hetero) is 1. The molecule has 7 nitrogen and oxygen atoms in total. The number of hydrogen-bond donors (Lipinski definition) is 0. The van der Waals surface area contributed by atoms with Gasteiger partial charge >= 0.3 is 5.97 Å². The average Bonchev–Trinajstić information content (AvgIpc) is 3.24. The summed E-state index contributed by atoms with van der Waals surface area (Å²) in [6.45, 7) is 3.61. The molecular formula is C20H23BrN2O5S. The van der Waals surface area contributed by atoms with Gasteiger partial charge in [0.25, 0.3) is 0 Å². The number of benzene rings is 1. The summed E-state index contributed by atoms with van der Waals surface area (Å²) in [6.07, 6.45) is 2.06. The zero-order valence-electron chi connectivity index (χ0n) is 16.5. The third-order valence-corrected chi connectivity index (χ3v) is 6.83. The molecule has 0 spiro atoms. The van der Waals surface area contributed by atoms with Crippen LogP contribution in [0.4, 0.5) is 0 Å². The van der Waals surface area contributed by atoms with E-state index in [9.17, 15) is 18.0 Å². The molecule has 2 heterocycles. The Balaban J connectivity index is 1.74. The summed E-state index contributed by atoms with van der Waals surface area (Å²) in [4.78, 5) is 25.1. The number of hydrogen-bond acceptors (Lipinski definition) is 5. The van der Waals surface area contributed by atoms with Crippen molar-refractivity contribution in [3.63, 3.8) is 0 Å². The van der Waals surface area contributed by atoms with Gasteiger partial charge < -0.3 is 9.30 Å². The van der Waals surface area contributed by atoms with Crippen LogP contribution in [0.1, 0.15) is 34.6 Å². The lowest BCUT2D eigenvalue weighted by Crippen LogP contribution is -2.41. The highest BCUT2D eigenvalue weighted by molar-refractivity contribution is 9.10. The van der Waals surface area contributed by atoms with Crippen LogP contribution in [0, 0.1) is 13.8 Å². The molecule has 0 bridgehead atoms.